The van der Waals surface area contributed by atoms with Crippen LogP contribution in [0.3, 0.4) is 0 Å². The van der Waals surface area contributed by atoms with Crippen molar-refractivity contribution in [3.63, 3.8) is 0 Å². The Morgan fingerprint density at radius 2 is 2.17 bits per heavy atom. The van der Waals surface area contributed by atoms with Crippen molar-refractivity contribution in [1.82, 2.24) is 4.57 Å². The number of ether oxygens (including phenoxy) is 1. The highest BCUT2D eigenvalue weighted by molar-refractivity contribution is 5.95. The molecule has 0 atom stereocenters. The highest BCUT2D eigenvalue weighted by Gasteiger charge is 2.27. The number of carbonyl (C=O) groups excluding carboxylic acids is 1. The molecule has 0 aromatic carbocycles. The Kier molecular flexibility index (Phi) is 5.40. The topological polar surface area (TPSA) is 31.2 Å². The van der Waals surface area contributed by atoms with Crippen molar-refractivity contribution in [3.8, 4) is 0 Å². The minimum atomic E-state index is -4.27. The molecule has 0 unspecified atom stereocenters. The van der Waals surface area contributed by atoms with Crippen LogP contribution in [0.1, 0.15) is 30.1 Å². The van der Waals surface area contributed by atoms with Gasteiger partial charge in [0.15, 0.2) is 5.78 Å². The first-order valence-corrected chi connectivity index (χ1v) is 5.76. The van der Waals surface area contributed by atoms with Gasteiger partial charge in [0.1, 0.15) is 6.61 Å². The van der Waals surface area contributed by atoms with Gasteiger partial charge in [-0.05, 0) is 12.5 Å². The lowest BCUT2D eigenvalue weighted by Gasteiger charge is -2.07. The quantitative estimate of drug-likeness (QED) is 0.559. The molecule has 18 heavy (non-hydrogen) atoms. The second-order valence-corrected chi connectivity index (χ2v) is 3.94. The van der Waals surface area contributed by atoms with E-state index in [9.17, 15) is 18.0 Å². The number of ketones is 1. The molecule has 0 aliphatic rings. The molecule has 6 heteroatoms. The van der Waals surface area contributed by atoms with E-state index < -0.39 is 12.8 Å². The van der Waals surface area contributed by atoms with E-state index in [1.807, 2.05) is 0 Å². The third kappa shape index (κ3) is 5.35. The van der Waals surface area contributed by atoms with Gasteiger partial charge >= 0.3 is 6.18 Å². The smallest absolute Gasteiger partial charge is 0.372 e. The fourth-order valence-electron chi connectivity index (χ4n) is 1.49. The van der Waals surface area contributed by atoms with Gasteiger partial charge in [0.2, 0.25) is 0 Å². The molecule has 0 bridgehead atoms. The van der Waals surface area contributed by atoms with Crippen LogP contribution in [0.2, 0.25) is 0 Å². The molecule has 0 aliphatic heterocycles. The summed E-state index contributed by atoms with van der Waals surface area (Å²) in [6.45, 7) is 1.16. The molecule has 0 saturated carbocycles. The molecule has 3 nitrogen and oxygen atoms in total. The minimum Gasteiger partial charge on any atom is -0.372 e. The fraction of sp³-hybridized carbons (Fsp3) is 0.583. The zero-order valence-corrected chi connectivity index (χ0v) is 10.2. The van der Waals surface area contributed by atoms with Gasteiger partial charge in [0, 0.05) is 37.5 Å². The van der Waals surface area contributed by atoms with E-state index in [1.165, 1.54) is 0 Å². The lowest BCUT2D eigenvalue weighted by atomic mass is 10.2. The van der Waals surface area contributed by atoms with Crippen molar-refractivity contribution in [2.75, 3.05) is 13.2 Å². The van der Waals surface area contributed by atoms with Gasteiger partial charge in [0.25, 0.3) is 0 Å². The maximum Gasteiger partial charge on any atom is 0.411 e. The zero-order chi connectivity index (χ0) is 13.6. The Balaban J connectivity index is 2.24. The first-order valence-electron chi connectivity index (χ1n) is 5.76. The number of hydrogen-bond donors (Lipinski definition) is 0. The van der Waals surface area contributed by atoms with Crippen LogP contribution < -0.4 is 0 Å². The summed E-state index contributed by atoms with van der Waals surface area (Å²) in [5, 5.41) is 0. The molecule has 0 N–H and O–H groups in total. The molecule has 102 valence electrons. The van der Waals surface area contributed by atoms with Gasteiger partial charge < -0.3 is 9.30 Å². The molecular formula is C12H16F3NO2. The molecule has 0 fully saturated rings. The number of aryl methyl sites for hydroxylation is 1. The summed E-state index contributed by atoms with van der Waals surface area (Å²) in [6, 6.07) is 1.71. The maximum absolute atomic E-state index is 11.8. The first kappa shape index (κ1) is 14.8. The van der Waals surface area contributed by atoms with Crippen LogP contribution in [0.25, 0.3) is 0 Å². The van der Waals surface area contributed by atoms with Gasteiger partial charge in [-0.1, -0.05) is 6.92 Å². The van der Waals surface area contributed by atoms with E-state index in [-0.39, 0.29) is 12.4 Å². The molecule has 0 spiro atoms. The Labute approximate surface area is 104 Å². The molecular weight excluding hydrogens is 247 g/mol. The number of carbonyl (C=O) groups is 1. The van der Waals surface area contributed by atoms with Crippen LogP contribution in [-0.2, 0) is 11.3 Å². The highest BCUT2D eigenvalue weighted by Crippen LogP contribution is 2.14. The number of rotatable bonds is 7. The van der Waals surface area contributed by atoms with Crippen LogP contribution in [0.4, 0.5) is 13.2 Å². The van der Waals surface area contributed by atoms with Crippen molar-refractivity contribution < 1.29 is 22.7 Å². The van der Waals surface area contributed by atoms with E-state index in [0.29, 0.717) is 24.9 Å². The van der Waals surface area contributed by atoms with Crippen LogP contribution >= 0.6 is 0 Å². The highest BCUT2D eigenvalue weighted by atomic mass is 19.4. The van der Waals surface area contributed by atoms with Crippen molar-refractivity contribution in [1.29, 1.82) is 0 Å². The summed E-state index contributed by atoms with van der Waals surface area (Å²) in [4.78, 5) is 11.4. The molecule has 0 saturated heterocycles. The average molecular weight is 263 g/mol. The number of aromatic nitrogens is 1. The van der Waals surface area contributed by atoms with Gasteiger partial charge in [-0.3, -0.25) is 4.79 Å². The van der Waals surface area contributed by atoms with Crippen molar-refractivity contribution in [3.05, 3.63) is 24.0 Å². The standard InChI is InChI=1S/C12H16F3NO2/c1-2-11(17)10-4-6-16(8-10)5-3-7-18-9-12(13,14)15/h4,6,8H,2-3,5,7,9H2,1H3. The second-order valence-electron chi connectivity index (χ2n) is 3.94. The lowest BCUT2D eigenvalue weighted by molar-refractivity contribution is -0.174. The lowest BCUT2D eigenvalue weighted by Crippen LogP contribution is -2.17. The Morgan fingerprint density at radius 1 is 1.44 bits per heavy atom. The predicted octanol–water partition coefficient (Wildman–Crippen LogP) is 3.05. The van der Waals surface area contributed by atoms with E-state index in [1.54, 1.807) is 30.0 Å². The summed E-state index contributed by atoms with van der Waals surface area (Å²) in [5.41, 5.74) is 0.633. The average Bonchev–Trinajstić information content (AvgIpc) is 2.75. The number of hydrogen-bond acceptors (Lipinski definition) is 2. The molecule has 0 amide bonds. The minimum absolute atomic E-state index is 0.0503. The Hall–Kier alpha value is -1.30. The van der Waals surface area contributed by atoms with Crippen molar-refractivity contribution >= 4 is 5.78 Å². The molecule has 1 aromatic heterocycles. The molecule has 0 aliphatic carbocycles. The largest absolute Gasteiger partial charge is 0.411 e. The summed E-state index contributed by atoms with van der Waals surface area (Å²) >= 11 is 0. The summed E-state index contributed by atoms with van der Waals surface area (Å²) in [6.07, 6.45) is 0.0969. The summed E-state index contributed by atoms with van der Waals surface area (Å²) in [5.74, 6) is 0.0575. The fourth-order valence-corrected chi connectivity index (χ4v) is 1.49. The predicted molar refractivity (Wildman–Crippen MR) is 60.5 cm³/mol. The van der Waals surface area contributed by atoms with Crippen LogP contribution in [0.15, 0.2) is 18.5 Å². The molecule has 1 aromatic rings. The van der Waals surface area contributed by atoms with Crippen LogP contribution in [0.5, 0.6) is 0 Å². The SMILES string of the molecule is CCC(=O)c1ccn(CCCOCC(F)(F)F)c1. The van der Waals surface area contributed by atoms with E-state index >= 15 is 0 Å². The second kappa shape index (κ2) is 6.58. The summed E-state index contributed by atoms with van der Waals surface area (Å²) in [7, 11) is 0. The van der Waals surface area contributed by atoms with Gasteiger partial charge in [0.05, 0.1) is 0 Å². The van der Waals surface area contributed by atoms with Gasteiger partial charge in [-0.15, -0.1) is 0 Å². The normalized spacial score (nSPS) is 11.8. The zero-order valence-electron chi connectivity index (χ0n) is 10.2. The maximum atomic E-state index is 11.8. The number of halogens is 3. The molecule has 1 rings (SSSR count). The Bertz CT molecular complexity index is 385. The van der Waals surface area contributed by atoms with E-state index in [0.717, 1.165) is 0 Å². The third-order valence-corrected chi connectivity index (χ3v) is 2.36. The third-order valence-electron chi connectivity index (χ3n) is 2.36. The monoisotopic (exact) mass is 263 g/mol. The van der Waals surface area contributed by atoms with E-state index in [4.69, 9.17) is 0 Å². The molecule has 0 radical (unpaired) electrons. The number of Topliss-reactive ketones (excluding diaryl/α,β-unsaturated/α-hetero) is 1. The van der Waals surface area contributed by atoms with Crippen LogP contribution in [0, 0.1) is 0 Å². The van der Waals surface area contributed by atoms with Crippen LogP contribution in [-0.4, -0.2) is 29.7 Å². The number of alkyl halides is 3. The van der Waals surface area contributed by atoms with E-state index in [2.05, 4.69) is 4.74 Å². The molecule has 1 heterocycles. The van der Waals surface area contributed by atoms with Gasteiger partial charge in [-0.2, -0.15) is 13.2 Å². The number of nitrogens with zero attached hydrogens (tertiary/aromatic N) is 1. The van der Waals surface area contributed by atoms with Crippen molar-refractivity contribution in [2.45, 2.75) is 32.5 Å². The Morgan fingerprint density at radius 3 is 2.78 bits per heavy atom. The first-order chi connectivity index (χ1) is 8.42. The van der Waals surface area contributed by atoms with Crippen molar-refractivity contribution in [2.24, 2.45) is 0 Å². The van der Waals surface area contributed by atoms with Gasteiger partial charge in [-0.25, -0.2) is 0 Å². The summed E-state index contributed by atoms with van der Waals surface area (Å²) < 4.78 is 41.6.